The maximum atomic E-state index is 13.0. The fourth-order valence-electron chi connectivity index (χ4n) is 7.29. The highest BCUT2D eigenvalue weighted by Gasteiger charge is 2.55. The van der Waals surface area contributed by atoms with Crippen molar-refractivity contribution in [2.75, 3.05) is 0 Å². The summed E-state index contributed by atoms with van der Waals surface area (Å²) in [7, 11) is 0. The molecule has 0 atom stereocenters. The third-order valence-corrected chi connectivity index (χ3v) is 9.71. The highest BCUT2D eigenvalue weighted by molar-refractivity contribution is 8.27. The standard InChI is InChI=1S/C27H25N5O4S/c1-14-2-3-18(32(34)35)9-20(14)22-5-4-19(36-22)10-21-23(28)31-26(29-24(21)33)37-25(30-31)27-11-15-6-16(12-27)8-17(7-15)13-27/h2-5,9-10,15-17,28H,6-8,11-13H2,1H3/b21-10+,28-23?. The molecule has 3 heterocycles. The number of hydrazone groups is 1. The van der Waals surface area contributed by atoms with Gasteiger partial charge in [0.1, 0.15) is 16.6 Å². The van der Waals surface area contributed by atoms with Crippen LogP contribution >= 0.6 is 11.8 Å². The second kappa shape index (κ2) is 7.98. The number of carbonyl (C=O) groups excluding carboxylic acids is 1. The van der Waals surface area contributed by atoms with E-state index < -0.39 is 10.8 Å². The van der Waals surface area contributed by atoms with Crippen molar-refractivity contribution in [2.24, 2.45) is 33.3 Å². The van der Waals surface area contributed by atoms with Crippen molar-refractivity contribution in [2.45, 2.75) is 45.4 Å². The van der Waals surface area contributed by atoms with E-state index in [9.17, 15) is 14.9 Å². The number of nitro groups is 1. The molecule has 0 spiro atoms. The molecule has 4 aliphatic carbocycles. The van der Waals surface area contributed by atoms with Crippen LogP contribution in [0.3, 0.4) is 0 Å². The third-order valence-electron chi connectivity index (χ3n) is 8.56. The number of nitrogens with one attached hydrogen (secondary N) is 1. The van der Waals surface area contributed by atoms with Gasteiger partial charge >= 0.3 is 0 Å². The molecule has 1 amide bonds. The second-order valence-corrected chi connectivity index (χ2v) is 12.0. The number of non-ortho nitro benzene ring substituents is 1. The number of amidine groups is 2. The Morgan fingerprint density at radius 1 is 1.16 bits per heavy atom. The molecule has 0 radical (unpaired) electrons. The van der Waals surface area contributed by atoms with Crippen molar-refractivity contribution in [3.8, 4) is 11.3 Å². The van der Waals surface area contributed by atoms with Gasteiger partial charge in [-0.15, -0.1) is 0 Å². The Hall–Kier alpha value is -3.53. The molecule has 1 aromatic heterocycles. The van der Waals surface area contributed by atoms with Gasteiger partial charge in [0.2, 0.25) is 5.17 Å². The highest BCUT2D eigenvalue weighted by Crippen LogP contribution is 2.62. The number of nitro benzene ring substituents is 1. The molecule has 2 aromatic rings. The number of hydrogen-bond donors (Lipinski definition) is 1. The van der Waals surface area contributed by atoms with Crippen molar-refractivity contribution >= 4 is 45.5 Å². The molecule has 4 bridgehead atoms. The topological polar surface area (TPSA) is 125 Å². The minimum atomic E-state index is -0.491. The number of aliphatic imine (C=N–C) groups is 1. The summed E-state index contributed by atoms with van der Waals surface area (Å²) in [5.74, 6) is 2.63. The summed E-state index contributed by atoms with van der Waals surface area (Å²) in [6.45, 7) is 1.85. The smallest absolute Gasteiger partial charge is 0.283 e. The average molecular weight is 516 g/mol. The van der Waals surface area contributed by atoms with E-state index in [4.69, 9.17) is 14.9 Å². The Morgan fingerprint density at radius 2 is 1.86 bits per heavy atom. The van der Waals surface area contributed by atoms with Gasteiger partial charge in [-0.05, 0) is 98.7 Å². The summed E-state index contributed by atoms with van der Waals surface area (Å²) in [6.07, 6.45) is 8.98. The van der Waals surface area contributed by atoms with Crippen LogP contribution in [-0.2, 0) is 4.79 Å². The fourth-order valence-corrected chi connectivity index (χ4v) is 8.39. The van der Waals surface area contributed by atoms with Gasteiger partial charge in [0.15, 0.2) is 5.84 Å². The van der Waals surface area contributed by atoms with Gasteiger partial charge < -0.3 is 4.42 Å². The molecule has 37 heavy (non-hydrogen) atoms. The van der Waals surface area contributed by atoms with E-state index in [2.05, 4.69) is 4.99 Å². The Kier molecular flexibility index (Phi) is 4.89. The van der Waals surface area contributed by atoms with Crippen molar-refractivity contribution in [1.29, 1.82) is 5.41 Å². The molecule has 6 aliphatic rings. The van der Waals surface area contributed by atoms with Gasteiger partial charge in [-0.2, -0.15) is 15.1 Å². The molecule has 0 unspecified atom stereocenters. The zero-order valence-corrected chi connectivity index (χ0v) is 21.1. The Morgan fingerprint density at radius 3 is 2.54 bits per heavy atom. The molecule has 1 N–H and O–H groups in total. The van der Waals surface area contributed by atoms with E-state index in [1.165, 1.54) is 54.2 Å². The van der Waals surface area contributed by atoms with Gasteiger partial charge in [-0.3, -0.25) is 20.3 Å². The van der Waals surface area contributed by atoms with Crippen molar-refractivity contribution < 1.29 is 14.1 Å². The Bertz CT molecular complexity index is 1450. The van der Waals surface area contributed by atoms with Gasteiger partial charge in [0, 0.05) is 23.1 Å². The van der Waals surface area contributed by atoms with Crippen molar-refractivity contribution in [1.82, 2.24) is 5.01 Å². The molecule has 1 aromatic carbocycles. The Labute approximate surface area is 217 Å². The van der Waals surface area contributed by atoms with E-state index >= 15 is 0 Å². The lowest BCUT2D eigenvalue weighted by Crippen LogP contribution is -2.49. The zero-order chi connectivity index (χ0) is 25.5. The average Bonchev–Trinajstić information content (AvgIpc) is 3.49. The molecular formula is C27H25N5O4S. The SMILES string of the molecule is Cc1ccc([N+](=O)[O-])cc1-c1ccc(/C=C2\C(=N)N3N=C(C45CC6CC(CC(C6)C4)C5)SC3=NC2=O)o1. The number of rotatable bonds is 4. The van der Waals surface area contributed by atoms with Gasteiger partial charge in [0.25, 0.3) is 11.6 Å². The van der Waals surface area contributed by atoms with E-state index in [0.29, 0.717) is 22.3 Å². The van der Waals surface area contributed by atoms with E-state index in [1.807, 2.05) is 6.92 Å². The summed E-state index contributed by atoms with van der Waals surface area (Å²) in [4.78, 5) is 28.0. The lowest BCUT2D eigenvalue weighted by atomic mass is 9.50. The van der Waals surface area contributed by atoms with Gasteiger partial charge in [-0.25, -0.2) is 0 Å². The Balaban J connectivity index is 1.18. The molecular weight excluding hydrogens is 490 g/mol. The number of amides is 1. The van der Waals surface area contributed by atoms with Gasteiger partial charge in [0.05, 0.1) is 10.5 Å². The first-order chi connectivity index (χ1) is 17.8. The number of benzene rings is 1. The van der Waals surface area contributed by atoms with Crippen LogP contribution in [0.2, 0.25) is 0 Å². The molecule has 2 aliphatic heterocycles. The lowest BCUT2D eigenvalue weighted by molar-refractivity contribution is -0.384. The minimum absolute atomic E-state index is 0.00768. The van der Waals surface area contributed by atoms with Crippen LogP contribution in [0.15, 0.2) is 50.4 Å². The van der Waals surface area contributed by atoms with E-state index in [1.54, 1.807) is 18.2 Å². The summed E-state index contributed by atoms with van der Waals surface area (Å²) in [5, 5.41) is 27.8. The summed E-state index contributed by atoms with van der Waals surface area (Å²) in [6, 6.07) is 7.99. The predicted molar refractivity (Wildman–Crippen MR) is 141 cm³/mol. The maximum Gasteiger partial charge on any atom is 0.283 e. The highest BCUT2D eigenvalue weighted by atomic mass is 32.2. The number of hydrogen-bond acceptors (Lipinski definition) is 7. The van der Waals surface area contributed by atoms with Crippen LogP contribution < -0.4 is 0 Å². The van der Waals surface area contributed by atoms with Crippen LogP contribution in [0.4, 0.5) is 5.69 Å². The quantitative estimate of drug-likeness (QED) is 0.302. The van der Waals surface area contributed by atoms with Gasteiger partial charge in [-0.1, -0.05) is 6.07 Å². The maximum absolute atomic E-state index is 13.0. The second-order valence-electron chi connectivity index (χ2n) is 11.1. The number of nitrogens with zero attached hydrogens (tertiary/aromatic N) is 4. The lowest BCUT2D eigenvalue weighted by Gasteiger charge is -2.56. The summed E-state index contributed by atoms with van der Waals surface area (Å²) in [5.41, 5.74) is 1.58. The van der Waals surface area contributed by atoms with Crippen molar-refractivity contribution in [3.63, 3.8) is 0 Å². The molecule has 4 saturated carbocycles. The van der Waals surface area contributed by atoms with Crippen LogP contribution in [0.5, 0.6) is 0 Å². The number of carbonyl (C=O) groups is 1. The first-order valence-electron chi connectivity index (χ1n) is 12.6. The number of furan rings is 1. The zero-order valence-electron chi connectivity index (χ0n) is 20.3. The van der Waals surface area contributed by atoms with Crippen LogP contribution in [0.1, 0.15) is 49.8 Å². The number of aryl methyl sites for hydroxylation is 1. The predicted octanol–water partition coefficient (Wildman–Crippen LogP) is 6.00. The summed E-state index contributed by atoms with van der Waals surface area (Å²) >= 11 is 1.46. The molecule has 188 valence electrons. The molecule has 9 nitrogen and oxygen atoms in total. The molecule has 10 heteroatoms. The van der Waals surface area contributed by atoms with Crippen LogP contribution in [0, 0.1) is 45.6 Å². The number of fused-ring (bicyclic) bond motifs is 1. The van der Waals surface area contributed by atoms with Crippen LogP contribution in [-0.4, -0.2) is 31.9 Å². The first kappa shape index (κ1) is 22.7. The van der Waals surface area contributed by atoms with Crippen LogP contribution in [0.25, 0.3) is 17.4 Å². The molecule has 8 rings (SSSR count). The fraction of sp³-hybridized carbons (Fsp3) is 0.407. The monoisotopic (exact) mass is 515 g/mol. The van der Waals surface area contributed by atoms with E-state index in [-0.39, 0.29) is 22.5 Å². The molecule has 0 saturated heterocycles. The first-order valence-corrected chi connectivity index (χ1v) is 13.5. The largest absolute Gasteiger partial charge is 0.457 e. The summed E-state index contributed by atoms with van der Waals surface area (Å²) < 4.78 is 5.93. The molecule has 4 fully saturated rings. The number of thioether (sulfide) groups is 1. The third kappa shape index (κ3) is 3.60. The van der Waals surface area contributed by atoms with Crippen molar-refractivity contribution in [3.05, 3.63) is 57.3 Å². The van der Waals surface area contributed by atoms with E-state index in [0.717, 1.165) is 47.6 Å². The minimum Gasteiger partial charge on any atom is -0.457 e. The normalized spacial score (nSPS) is 31.1.